The van der Waals surface area contributed by atoms with Crippen LogP contribution in [0.1, 0.15) is 12.5 Å². The van der Waals surface area contributed by atoms with Crippen LogP contribution in [0.25, 0.3) is 0 Å². The summed E-state index contributed by atoms with van der Waals surface area (Å²) in [5.41, 5.74) is 1.08. The van der Waals surface area contributed by atoms with Gasteiger partial charge in [0.1, 0.15) is 0 Å². The van der Waals surface area contributed by atoms with E-state index in [0.29, 0.717) is 24.7 Å². The van der Waals surface area contributed by atoms with Gasteiger partial charge in [0.2, 0.25) is 5.91 Å². The lowest BCUT2D eigenvalue weighted by Gasteiger charge is -2.05. The monoisotopic (exact) mass is 226 g/mol. The van der Waals surface area contributed by atoms with Crippen LogP contribution >= 0.6 is 11.6 Å². The van der Waals surface area contributed by atoms with Gasteiger partial charge in [-0.2, -0.15) is 0 Å². The third-order valence-corrected chi connectivity index (χ3v) is 2.11. The molecule has 0 unspecified atom stereocenters. The van der Waals surface area contributed by atoms with E-state index in [2.05, 4.69) is 10.6 Å². The van der Waals surface area contributed by atoms with E-state index in [-0.39, 0.29) is 5.91 Å². The Balaban J connectivity index is 2.28. The van der Waals surface area contributed by atoms with Crippen LogP contribution in [0.2, 0.25) is 5.02 Å². The van der Waals surface area contributed by atoms with Crippen molar-refractivity contribution in [1.82, 2.24) is 10.6 Å². The lowest BCUT2D eigenvalue weighted by atomic mass is 10.2. The molecule has 0 saturated carbocycles. The standard InChI is InChI=1S/C11H15ClN2O/c1-2-14-11(15)8-13-7-9-4-3-5-10(12)6-9/h3-6,13H,2,7-8H2,1H3,(H,14,15). The molecule has 0 atom stereocenters. The first kappa shape index (κ1) is 12.0. The summed E-state index contributed by atoms with van der Waals surface area (Å²) in [5, 5.41) is 6.47. The molecular formula is C11H15ClN2O. The van der Waals surface area contributed by atoms with E-state index in [4.69, 9.17) is 11.6 Å². The van der Waals surface area contributed by atoms with Crippen LogP contribution in [0, 0.1) is 0 Å². The SMILES string of the molecule is CCNC(=O)CNCc1cccc(Cl)c1. The minimum absolute atomic E-state index is 0.0135. The van der Waals surface area contributed by atoms with Crippen molar-refractivity contribution in [1.29, 1.82) is 0 Å². The molecule has 1 rings (SSSR count). The molecule has 2 N–H and O–H groups in total. The fourth-order valence-corrected chi connectivity index (χ4v) is 1.44. The number of benzene rings is 1. The second-order valence-electron chi connectivity index (χ2n) is 3.19. The molecule has 0 aliphatic carbocycles. The molecule has 0 bridgehead atoms. The average Bonchev–Trinajstić information content (AvgIpc) is 2.18. The van der Waals surface area contributed by atoms with E-state index in [1.165, 1.54) is 0 Å². The summed E-state index contributed by atoms with van der Waals surface area (Å²) in [7, 11) is 0. The molecule has 0 aromatic heterocycles. The number of nitrogens with one attached hydrogen (secondary N) is 2. The van der Waals surface area contributed by atoms with Crippen LogP contribution in [0.3, 0.4) is 0 Å². The van der Waals surface area contributed by atoms with E-state index in [1.807, 2.05) is 31.2 Å². The molecule has 4 heteroatoms. The second-order valence-corrected chi connectivity index (χ2v) is 3.62. The number of hydrogen-bond donors (Lipinski definition) is 2. The largest absolute Gasteiger partial charge is 0.355 e. The topological polar surface area (TPSA) is 41.1 Å². The fraction of sp³-hybridized carbons (Fsp3) is 0.364. The van der Waals surface area contributed by atoms with Crippen LogP contribution in [-0.2, 0) is 11.3 Å². The number of halogens is 1. The molecule has 0 radical (unpaired) electrons. The number of hydrogen-bond acceptors (Lipinski definition) is 2. The normalized spacial score (nSPS) is 10.0. The van der Waals surface area contributed by atoms with Gasteiger partial charge in [0.25, 0.3) is 0 Å². The molecule has 15 heavy (non-hydrogen) atoms. The molecule has 0 fully saturated rings. The maximum Gasteiger partial charge on any atom is 0.233 e. The first-order valence-electron chi connectivity index (χ1n) is 4.94. The van der Waals surface area contributed by atoms with Crippen molar-refractivity contribution in [3.8, 4) is 0 Å². The fourth-order valence-electron chi connectivity index (χ4n) is 1.23. The average molecular weight is 227 g/mol. The van der Waals surface area contributed by atoms with E-state index in [9.17, 15) is 4.79 Å². The Morgan fingerprint density at radius 2 is 2.27 bits per heavy atom. The molecule has 1 amide bonds. The lowest BCUT2D eigenvalue weighted by Crippen LogP contribution is -2.33. The van der Waals surface area contributed by atoms with Gasteiger partial charge in [-0.15, -0.1) is 0 Å². The summed E-state index contributed by atoms with van der Waals surface area (Å²) in [5.74, 6) is 0.0135. The highest BCUT2D eigenvalue weighted by molar-refractivity contribution is 6.30. The summed E-state index contributed by atoms with van der Waals surface area (Å²) >= 11 is 5.83. The van der Waals surface area contributed by atoms with Crippen LogP contribution in [0.4, 0.5) is 0 Å². The van der Waals surface area contributed by atoms with E-state index < -0.39 is 0 Å². The summed E-state index contributed by atoms with van der Waals surface area (Å²) in [6, 6.07) is 7.57. The van der Waals surface area contributed by atoms with Gasteiger partial charge in [-0.05, 0) is 24.6 Å². The third-order valence-electron chi connectivity index (χ3n) is 1.88. The second kappa shape index (κ2) is 6.43. The van der Waals surface area contributed by atoms with Gasteiger partial charge in [0.05, 0.1) is 6.54 Å². The maximum atomic E-state index is 11.1. The zero-order valence-corrected chi connectivity index (χ0v) is 9.47. The van der Waals surface area contributed by atoms with Crippen LogP contribution in [0.15, 0.2) is 24.3 Å². The molecule has 82 valence electrons. The first-order valence-corrected chi connectivity index (χ1v) is 5.32. The molecular weight excluding hydrogens is 212 g/mol. The minimum atomic E-state index is 0.0135. The van der Waals surface area contributed by atoms with Gasteiger partial charge in [0, 0.05) is 18.1 Å². The minimum Gasteiger partial charge on any atom is -0.355 e. The van der Waals surface area contributed by atoms with Crippen molar-refractivity contribution in [2.45, 2.75) is 13.5 Å². The van der Waals surface area contributed by atoms with Gasteiger partial charge >= 0.3 is 0 Å². The molecule has 1 aromatic rings. The van der Waals surface area contributed by atoms with E-state index in [1.54, 1.807) is 0 Å². The number of carbonyl (C=O) groups is 1. The van der Waals surface area contributed by atoms with Gasteiger partial charge in [-0.3, -0.25) is 4.79 Å². The van der Waals surface area contributed by atoms with E-state index >= 15 is 0 Å². The zero-order valence-electron chi connectivity index (χ0n) is 8.72. The highest BCUT2D eigenvalue weighted by atomic mass is 35.5. The summed E-state index contributed by atoms with van der Waals surface area (Å²) in [4.78, 5) is 11.1. The van der Waals surface area contributed by atoms with Gasteiger partial charge in [0.15, 0.2) is 0 Å². The van der Waals surface area contributed by atoms with Gasteiger partial charge in [-0.25, -0.2) is 0 Å². The number of carbonyl (C=O) groups excluding carboxylic acids is 1. The summed E-state index contributed by atoms with van der Waals surface area (Å²) in [6.45, 7) is 3.55. The van der Waals surface area contributed by atoms with Crippen molar-refractivity contribution in [3.63, 3.8) is 0 Å². The Kier molecular flexibility index (Phi) is 5.15. The number of amides is 1. The first-order chi connectivity index (χ1) is 7.22. The molecule has 3 nitrogen and oxygen atoms in total. The smallest absolute Gasteiger partial charge is 0.233 e. The van der Waals surface area contributed by atoms with Gasteiger partial charge in [-0.1, -0.05) is 23.7 Å². The molecule has 0 heterocycles. The Morgan fingerprint density at radius 3 is 2.93 bits per heavy atom. The Labute approximate surface area is 94.8 Å². The van der Waals surface area contributed by atoms with Crippen molar-refractivity contribution >= 4 is 17.5 Å². The molecule has 1 aromatic carbocycles. The predicted octanol–water partition coefficient (Wildman–Crippen LogP) is 1.57. The van der Waals surface area contributed by atoms with Crippen LogP contribution < -0.4 is 10.6 Å². The molecule has 0 spiro atoms. The summed E-state index contributed by atoms with van der Waals surface area (Å²) < 4.78 is 0. The number of rotatable bonds is 5. The van der Waals surface area contributed by atoms with Gasteiger partial charge < -0.3 is 10.6 Å². The van der Waals surface area contributed by atoms with Crippen molar-refractivity contribution < 1.29 is 4.79 Å². The zero-order chi connectivity index (χ0) is 11.1. The van der Waals surface area contributed by atoms with Crippen molar-refractivity contribution in [2.24, 2.45) is 0 Å². The lowest BCUT2D eigenvalue weighted by molar-refractivity contribution is -0.120. The Morgan fingerprint density at radius 1 is 1.47 bits per heavy atom. The highest BCUT2D eigenvalue weighted by Crippen LogP contribution is 2.09. The number of likely N-dealkylation sites (N-methyl/N-ethyl adjacent to an activating group) is 1. The van der Waals surface area contributed by atoms with Crippen molar-refractivity contribution in [3.05, 3.63) is 34.9 Å². The molecule has 0 aliphatic heterocycles. The highest BCUT2D eigenvalue weighted by Gasteiger charge is 1.98. The molecule has 0 saturated heterocycles. The Hall–Kier alpha value is -1.06. The van der Waals surface area contributed by atoms with Crippen LogP contribution in [0.5, 0.6) is 0 Å². The summed E-state index contributed by atoms with van der Waals surface area (Å²) in [6.07, 6.45) is 0. The third kappa shape index (κ3) is 4.81. The Bertz CT molecular complexity index is 328. The van der Waals surface area contributed by atoms with Crippen molar-refractivity contribution in [2.75, 3.05) is 13.1 Å². The molecule has 0 aliphatic rings. The maximum absolute atomic E-state index is 11.1. The van der Waals surface area contributed by atoms with Crippen LogP contribution in [-0.4, -0.2) is 19.0 Å². The van der Waals surface area contributed by atoms with E-state index in [0.717, 1.165) is 5.56 Å². The predicted molar refractivity (Wildman–Crippen MR) is 61.8 cm³/mol. The quantitative estimate of drug-likeness (QED) is 0.800.